The molecule has 0 aromatic heterocycles. The van der Waals surface area contributed by atoms with Crippen LogP contribution in [0.2, 0.25) is 0 Å². The van der Waals surface area contributed by atoms with Gasteiger partial charge in [-0.05, 0) is 36.2 Å². The van der Waals surface area contributed by atoms with E-state index in [0.717, 1.165) is 16.9 Å². The molecule has 0 fully saturated rings. The molecule has 0 saturated heterocycles. The predicted molar refractivity (Wildman–Crippen MR) is 61.9 cm³/mol. The standard InChI is InChI=1S/C14H13O/c1-2-15-14-10-6-9-13(11-14)12-7-4-3-5-8-12/h3-7,9-11H,2H2,1H3. The molecule has 1 heteroatoms. The minimum absolute atomic E-state index is 0.696. The quantitative estimate of drug-likeness (QED) is 0.731. The molecule has 1 radical (unpaired) electrons. The Morgan fingerprint density at radius 2 is 2.07 bits per heavy atom. The van der Waals surface area contributed by atoms with Crippen molar-refractivity contribution in [2.45, 2.75) is 6.92 Å². The normalized spacial score (nSPS) is 9.93. The summed E-state index contributed by atoms with van der Waals surface area (Å²) in [5.74, 6) is 0.909. The molecular formula is C14H13O. The number of hydrogen-bond acceptors (Lipinski definition) is 1. The minimum Gasteiger partial charge on any atom is -0.494 e. The van der Waals surface area contributed by atoms with Crippen LogP contribution in [0.25, 0.3) is 11.1 Å². The molecule has 1 nitrogen and oxygen atoms in total. The van der Waals surface area contributed by atoms with E-state index in [1.165, 1.54) is 0 Å². The fourth-order valence-corrected chi connectivity index (χ4v) is 1.49. The first-order valence-corrected chi connectivity index (χ1v) is 5.10. The summed E-state index contributed by atoms with van der Waals surface area (Å²) in [5, 5.41) is 0. The van der Waals surface area contributed by atoms with E-state index in [1.54, 1.807) is 0 Å². The van der Waals surface area contributed by atoms with E-state index < -0.39 is 0 Å². The Balaban J connectivity index is 2.33. The van der Waals surface area contributed by atoms with Crippen molar-refractivity contribution in [1.82, 2.24) is 0 Å². The summed E-state index contributed by atoms with van der Waals surface area (Å²) >= 11 is 0. The smallest absolute Gasteiger partial charge is 0.119 e. The first-order chi connectivity index (χ1) is 7.40. The van der Waals surface area contributed by atoms with Crippen LogP contribution in [0.15, 0.2) is 48.5 Å². The van der Waals surface area contributed by atoms with Crippen LogP contribution in [0, 0.1) is 6.07 Å². The van der Waals surface area contributed by atoms with E-state index in [0.29, 0.717) is 6.61 Å². The van der Waals surface area contributed by atoms with Gasteiger partial charge in [-0.1, -0.05) is 36.4 Å². The van der Waals surface area contributed by atoms with Crippen LogP contribution < -0.4 is 4.74 Å². The first kappa shape index (κ1) is 9.78. The van der Waals surface area contributed by atoms with Gasteiger partial charge in [0.2, 0.25) is 0 Å². The second-order valence-electron chi connectivity index (χ2n) is 3.24. The van der Waals surface area contributed by atoms with Crippen molar-refractivity contribution in [2.24, 2.45) is 0 Å². The highest BCUT2D eigenvalue weighted by Crippen LogP contribution is 2.22. The first-order valence-electron chi connectivity index (χ1n) is 5.10. The average molecular weight is 197 g/mol. The number of ether oxygens (including phenoxy) is 1. The molecule has 75 valence electrons. The van der Waals surface area contributed by atoms with Crippen molar-refractivity contribution in [3.8, 4) is 16.9 Å². The topological polar surface area (TPSA) is 9.23 Å². The lowest BCUT2D eigenvalue weighted by atomic mass is 10.1. The van der Waals surface area contributed by atoms with Gasteiger partial charge in [-0.25, -0.2) is 0 Å². The van der Waals surface area contributed by atoms with Gasteiger partial charge in [0, 0.05) is 0 Å². The molecule has 0 unspecified atom stereocenters. The van der Waals surface area contributed by atoms with Crippen molar-refractivity contribution < 1.29 is 4.74 Å². The van der Waals surface area contributed by atoms with Gasteiger partial charge in [0.05, 0.1) is 6.61 Å². The van der Waals surface area contributed by atoms with Gasteiger partial charge in [0.15, 0.2) is 0 Å². The summed E-state index contributed by atoms with van der Waals surface area (Å²) in [6.07, 6.45) is 0. The molecule has 0 aliphatic rings. The van der Waals surface area contributed by atoms with E-state index >= 15 is 0 Å². The van der Waals surface area contributed by atoms with Crippen molar-refractivity contribution >= 4 is 0 Å². The summed E-state index contributed by atoms with van der Waals surface area (Å²) in [5.41, 5.74) is 2.24. The van der Waals surface area contributed by atoms with Crippen molar-refractivity contribution in [3.05, 3.63) is 54.6 Å². The van der Waals surface area contributed by atoms with Gasteiger partial charge < -0.3 is 4.74 Å². The highest BCUT2D eigenvalue weighted by Gasteiger charge is 1.98. The van der Waals surface area contributed by atoms with Gasteiger partial charge in [-0.3, -0.25) is 0 Å². The minimum atomic E-state index is 0.696. The SMILES string of the molecule is CCOc1cccc(-c2[c]cccc2)c1. The highest BCUT2D eigenvalue weighted by molar-refractivity contribution is 5.64. The zero-order valence-corrected chi connectivity index (χ0v) is 8.73. The Labute approximate surface area is 90.3 Å². The molecule has 0 aliphatic carbocycles. The molecule has 0 aliphatic heterocycles. The lowest BCUT2D eigenvalue weighted by Crippen LogP contribution is -1.91. The maximum absolute atomic E-state index is 5.45. The predicted octanol–water partition coefficient (Wildman–Crippen LogP) is 3.55. The third-order valence-electron chi connectivity index (χ3n) is 2.17. The van der Waals surface area contributed by atoms with E-state index in [2.05, 4.69) is 12.1 Å². The van der Waals surface area contributed by atoms with Crippen LogP contribution in [0.5, 0.6) is 5.75 Å². The van der Waals surface area contributed by atoms with Crippen molar-refractivity contribution in [1.29, 1.82) is 0 Å². The summed E-state index contributed by atoms with van der Waals surface area (Å²) in [6.45, 7) is 2.68. The Bertz CT molecular complexity index is 420. The zero-order valence-electron chi connectivity index (χ0n) is 8.73. The fraction of sp³-hybridized carbons (Fsp3) is 0.143. The maximum atomic E-state index is 5.45. The molecule has 0 saturated carbocycles. The Hall–Kier alpha value is -1.76. The molecule has 0 spiro atoms. The van der Waals surface area contributed by atoms with Gasteiger partial charge >= 0.3 is 0 Å². The molecule has 2 aromatic carbocycles. The van der Waals surface area contributed by atoms with E-state index in [9.17, 15) is 0 Å². The molecule has 2 aromatic rings. The lowest BCUT2D eigenvalue weighted by molar-refractivity contribution is 0.340. The fourth-order valence-electron chi connectivity index (χ4n) is 1.49. The van der Waals surface area contributed by atoms with Crippen LogP contribution in [-0.4, -0.2) is 6.61 Å². The number of benzene rings is 2. The van der Waals surface area contributed by atoms with E-state index in [1.807, 2.05) is 49.4 Å². The molecule has 2 rings (SSSR count). The summed E-state index contributed by atoms with van der Waals surface area (Å²) < 4.78 is 5.45. The van der Waals surface area contributed by atoms with Crippen LogP contribution >= 0.6 is 0 Å². The Kier molecular flexibility index (Phi) is 3.03. The monoisotopic (exact) mass is 197 g/mol. The molecular weight excluding hydrogens is 184 g/mol. The van der Waals surface area contributed by atoms with Gasteiger partial charge in [-0.15, -0.1) is 0 Å². The molecule has 15 heavy (non-hydrogen) atoms. The Morgan fingerprint density at radius 1 is 1.13 bits per heavy atom. The van der Waals surface area contributed by atoms with E-state index in [-0.39, 0.29) is 0 Å². The van der Waals surface area contributed by atoms with Crippen molar-refractivity contribution in [3.63, 3.8) is 0 Å². The molecule has 0 bridgehead atoms. The molecule has 0 N–H and O–H groups in total. The third kappa shape index (κ3) is 2.38. The van der Waals surface area contributed by atoms with Gasteiger partial charge in [-0.2, -0.15) is 0 Å². The second kappa shape index (κ2) is 4.65. The van der Waals surface area contributed by atoms with Gasteiger partial charge in [0.25, 0.3) is 0 Å². The molecule has 0 heterocycles. The third-order valence-corrected chi connectivity index (χ3v) is 2.17. The Morgan fingerprint density at radius 3 is 2.80 bits per heavy atom. The zero-order chi connectivity index (χ0) is 10.5. The van der Waals surface area contributed by atoms with Crippen LogP contribution in [-0.2, 0) is 0 Å². The number of hydrogen-bond donors (Lipinski definition) is 0. The second-order valence-corrected chi connectivity index (χ2v) is 3.24. The lowest BCUT2D eigenvalue weighted by Gasteiger charge is -2.05. The molecule has 0 amide bonds. The van der Waals surface area contributed by atoms with Crippen LogP contribution in [0.1, 0.15) is 6.92 Å². The maximum Gasteiger partial charge on any atom is 0.119 e. The van der Waals surface area contributed by atoms with Crippen LogP contribution in [0.3, 0.4) is 0 Å². The largest absolute Gasteiger partial charge is 0.494 e. The van der Waals surface area contributed by atoms with Crippen molar-refractivity contribution in [2.75, 3.05) is 6.61 Å². The number of rotatable bonds is 3. The van der Waals surface area contributed by atoms with Crippen LogP contribution in [0.4, 0.5) is 0 Å². The summed E-state index contributed by atoms with van der Waals surface area (Å²) in [6, 6.07) is 19.2. The highest BCUT2D eigenvalue weighted by atomic mass is 16.5. The summed E-state index contributed by atoms with van der Waals surface area (Å²) in [4.78, 5) is 0. The van der Waals surface area contributed by atoms with Gasteiger partial charge in [0.1, 0.15) is 5.75 Å². The van der Waals surface area contributed by atoms with E-state index in [4.69, 9.17) is 4.74 Å². The average Bonchev–Trinajstić information content (AvgIpc) is 2.31. The summed E-state index contributed by atoms with van der Waals surface area (Å²) in [7, 11) is 0. The molecule has 0 atom stereocenters.